The largest absolute Gasteiger partial charge is 0.463 e. The molecule has 34 heavy (non-hydrogen) atoms. The second-order valence-electron chi connectivity index (χ2n) is 7.63. The Bertz CT molecular complexity index is 1410. The van der Waals surface area contributed by atoms with Gasteiger partial charge in [0.2, 0.25) is 5.91 Å². The van der Waals surface area contributed by atoms with Crippen LogP contribution in [0, 0.1) is 0 Å². The Morgan fingerprint density at radius 3 is 2.41 bits per heavy atom. The number of amides is 2. The van der Waals surface area contributed by atoms with E-state index < -0.39 is 12.0 Å². The number of aryl methyl sites for hydroxylation is 2. The van der Waals surface area contributed by atoms with E-state index in [-0.39, 0.29) is 5.56 Å². The van der Waals surface area contributed by atoms with Crippen LogP contribution in [0.3, 0.4) is 0 Å². The van der Waals surface area contributed by atoms with E-state index in [2.05, 4.69) is 4.98 Å². The summed E-state index contributed by atoms with van der Waals surface area (Å²) in [6, 6.07) is 16.2. The lowest BCUT2D eigenvalue weighted by Gasteiger charge is -2.28. The second kappa shape index (κ2) is 9.66. The fourth-order valence-electron chi connectivity index (χ4n) is 3.47. The monoisotopic (exact) mass is 496 g/mol. The molecular weight excluding hydrogens is 476 g/mol. The van der Waals surface area contributed by atoms with Crippen LogP contribution in [0.4, 0.5) is 10.5 Å². The van der Waals surface area contributed by atoms with Gasteiger partial charge in [0, 0.05) is 30.4 Å². The molecule has 0 fully saturated rings. The molecule has 0 radical (unpaired) electrons. The number of hydrogen-bond donors (Lipinski definition) is 1. The molecule has 10 heteroatoms. The molecule has 1 N–H and O–H groups in total. The number of thiophene rings is 1. The van der Waals surface area contributed by atoms with Crippen LogP contribution in [0.1, 0.15) is 12.5 Å². The van der Waals surface area contributed by atoms with Crippen molar-refractivity contribution in [1.29, 1.82) is 0 Å². The van der Waals surface area contributed by atoms with Crippen LogP contribution < -0.4 is 10.6 Å². The van der Waals surface area contributed by atoms with Crippen molar-refractivity contribution in [3.8, 4) is 10.4 Å². The van der Waals surface area contributed by atoms with Crippen LogP contribution in [0.2, 0.25) is 5.02 Å². The molecule has 0 bridgehead atoms. The van der Waals surface area contributed by atoms with E-state index in [1.54, 1.807) is 35.2 Å². The zero-order chi connectivity index (χ0) is 24.4. The third-order valence-electron chi connectivity index (χ3n) is 5.39. The molecule has 0 saturated carbocycles. The third kappa shape index (κ3) is 4.80. The average molecular weight is 497 g/mol. The van der Waals surface area contributed by atoms with E-state index in [9.17, 15) is 19.5 Å². The first kappa shape index (κ1) is 23.5. The van der Waals surface area contributed by atoms with Crippen molar-refractivity contribution in [3.63, 3.8) is 0 Å². The number of carboxylic acid groups (broad SMARTS) is 1. The molecule has 0 aliphatic heterocycles. The van der Waals surface area contributed by atoms with E-state index in [1.807, 2.05) is 30.3 Å². The number of hydrogen-bond acceptors (Lipinski definition) is 5. The number of carbonyl (C=O) groups excluding carboxylic acids is 1. The Kier molecular flexibility index (Phi) is 6.67. The summed E-state index contributed by atoms with van der Waals surface area (Å²) < 4.78 is 2.16. The smallest absolute Gasteiger partial charge is 0.431 e. The van der Waals surface area contributed by atoms with Crippen molar-refractivity contribution in [2.24, 2.45) is 0 Å². The lowest BCUT2D eigenvalue weighted by Crippen LogP contribution is -2.46. The molecule has 0 atom stereocenters. The molecule has 2 aromatic heterocycles. The zero-order valence-corrected chi connectivity index (χ0v) is 20.0. The molecule has 2 aromatic carbocycles. The van der Waals surface area contributed by atoms with Gasteiger partial charge in [-0.15, -0.1) is 11.3 Å². The summed E-state index contributed by atoms with van der Waals surface area (Å²) in [5.74, 6) is -0.401. The predicted molar refractivity (Wildman–Crippen MR) is 133 cm³/mol. The molecule has 2 amide bonds. The highest BCUT2D eigenvalue weighted by Crippen LogP contribution is 2.31. The number of halogens is 1. The maximum Gasteiger partial charge on any atom is 0.431 e. The Balaban J connectivity index is 1.51. The number of aromatic nitrogens is 2. The summed E-state index contributed by atoms with van der Waals surface area (Å²) in [6.45, 7) is 1.71. The summed E-state index contributed by atoms with van der Waals surface area (Å²) in [5.41, 5.74) is 2.79. The van der Waals surface area contributed by atoms with Gasteiger partial charge in [0.1, 0.15) is 4.70 Å². The molecule has 0 spiro atoms. The molecule has 0 aliphatic rings. The molecule has 0 saturated heterocycles. The number of carbonyl (C=O) groups is 2. The van der Waals surface area contributed by atoms with Gasteiger partial charge in [-0.1, -0.05) is 35.9 Å². The minimum Gasteiger partial charge on any atom is -0.463 e. The highest BCUT2D eigenvalue weighted by atomic mass is 35.5. The molecule has 4 rings (SSSR count). The van der Waals surface area contributed by atoms with Crippen molar-refractivity contribution in [3.05, 3.63) is 81.9 Å². The minimum absolute atomic E-state index is 0.105. The minimum atomic E-state index is -1.26. The summed E-state index contributed by atoms with van der Waals surface area (Å²) in [7, 11) is 1.39. The van der Waals surface area contributed by atoms with Gasteiger partial charge in [-0.2, -0.15) is 5.01 Å². The first-order valence-electron chi connectivity index (χ1n) is 10.4. The molecule has 8 nitrogen and oxygen atoms in total. The zero-order valence-electron chi connectivity index (χ0n) is 18.4. The third-order valence-corrected chi connectivity index (χ3v) is 6.81. The number of hydrazine groups is 1. The van der Waals surface area contributed by atoms with E-state index >= 15 is 0 Å². The molecule has 2 heterocycles. The van der Waals surface area contributed by atoms with E-state index in [0.717, 1.165) is 26.0 Å². The predicted octanol–water partition coefficient (Wildman–Crippen LogP) is 4.90. The number of benzene rings is 2. The Morgan fingerprint density at radius 2 is 1.79 bits per heavy atom. The number of anilines is 1. The van der Waals surface area contributed by atoms with Crippen molar-refractivity contribution >= 4 is 50.8 Å². The van der Waals surface area contributed by atoms with Crippen molar-refractivity contribution < 1.29 is 14.7 Å². The maximum atomic E-state index is 13.0. The van der Waals surface area contributed by atoms with Crippen LogP contribution in [0.15, 0.2) is 65.7 Å². The maximum absolute atomic E-state index is 13.0. The number of fused-ring (bicyclic) bond motifs is 1. The number of nitrogens with zero attached hydrogens (tertiary/aromatic N) is 4. The van der Waals surface area contributed by atoms with Gasteiger partial charge in [-0.05, 0) is 47.9 Å². The van der Waals surface area contributed by atoms with Crippen LogP contribution >= 0.6 is 22.9 Å². The van der Waals surface area contributed by atoms with Crippen LogP contribution in [-0.2, 0) is 17.8 Å². The fourth-order valence-corrected chi connectivity index (χ4v) is 4.66. The summed E-state index contributed by atoms with van der Waals surface area (Å²) >= 11 is 7.37. The van der Waals surface area contributed by atoms with Crippen LogP contribution in [0.5, 0.6) is 0 Å². The second-order valence-corrected chi connectivity index (χ2v) is 9.12. The van der Waals surface area contributed by atoms with Gasteiger partial charge in [-0.25, -0.2) is 14.8 Å². The van der Waals surface area contributed by atoms with E-state index in [0.29, 0.717) is 33.9 Å². The van der Waals surface area contributed by atoms with Gasteiger partial charge in [0.15, 0.2) is 0 Å². The van der Waals surface area contributed by atoms with Gasteiger partial charge in [-0.3, -0.25) is 14.2 Å². The van der Waals surface area contributed by atoms with Gasteiger partial charge < -0.3 is 5.11 Å². The van der Waals surface area contributed by atoms with Crippen LogP contribution in [-0.4, -0.2) is 38.7 Å². The van der Waals surface area contributed by atoms with Gasteiger partial charge in [0.05, 0.1) is 17.5 Å². The molecule has 0 aliphatic carbocycles. The standard InChI is InChI=1S/C24H21ClN4O4S/c1-15(30)27(2)29(24(32)33)19-9-3-16(4-10-19)11-12-28-14-26-20-13-21(34-22(20)23(28)31)17-5-7-18(25)8-6-17/h3-10,13-14H,11-12H2,1-2H3,(H,32,33). The quantitative estimate of drug-likeness (QED) is 0.396. The topological polar surface area (TPSA) is 95.7 Å². The van der Waals surface area contributed by atoms with Gasteiger partial charge >= 0.3 is 6.09 Å². The lowest BCUT2D eigenvalue weighted by molar-refractivity contribution is -0.127. The normalized spacial score (nSPS) is 10.9. The lowest BCUT2D eigenvalue weighted by atomic mass is 10.1. The van der Waals surface area contributed by atoms with Crippen molar-refractivity contribution in [2.45, 2.75) is 19.9 Å². The highest BCUT2D eigenvalue weighted by Gasteiger charge is 2.21. The molecular formula is C24H21ClN4O4S. The van der Waals surface area contributed by atoms with E-state index in [4.69, 9.17) is 11.6 Å². The fraction of sp³-hybridized carbons (Fsp3) is 0.167. The Hall–Kier alpha value is -3.69. The Morgan fingerprint density at radius 1 is 1.12 bits per heavy atom. The molecule has 4 aromatic rings. The average Bonchev–Trinajstić information content (AvgIpc) is 3.25. The van der Waals surface area contributed by atoms with E-state index in [1.165, 1.54) is 25.3 Å². The highest BCUT2D eigenvalue weighted by molar-refractivity contribution is 7.22. The number of rotatable bonds is 5. The summed E-state index contributed by atoms with van der Waals surface area (Å²) in [4.78, 5) is 41.6. The van der Waals surface area contributed by atoms with Crippen molar-refractivity contribution in [1.82, 2.24) is 14.6 Å². The first-order chi connectivity index (χ1) is 16.2. The van der Waals surface area contributed by atoms with Gasteiger partial charge in [0.25, 0.3) is 5.56 Å². The first-order valence-corrected chi connectivity index (χ1v) is 11.5. The molecule has 0 unspecified atom stereocenters. The van der Waals surface area contributed by atoms with Crippen molar-refractivity contribution in [2.75, 3.05) is 12.1 Å². The van der Waals surface area contributed by atoms with Crippen LogP contribution in [0.25, 0.3) is 20.7 Å². The molecule has 174 valence electrons. The summed E-state index contributed by atoms with van der Waals surface area (Å²) in [5, 5.41) is 12.0. The summed E-state index contributed by atoms with van der Waals surface area (Å²) in [6.07, 6.45) is 0.842. The SMILES string of the molecule is CC(=O)N(C)N(C(=O)O)c1ccc(CCn2cnc3cc(-c4ccc(Cl)cc4)sc3c2=O)cc1. The Labute approximate surface area is 204 Å².